The summed E-state index contributed by atoms with van der Waals surface area (Å²) in [6, 6.07) is 18.7. The maximum absolute atomic E-state index is 5.76. The van der Waals surface area contributed by atoms with Gasteiger partial charge in [0.2, 0.25) is 0 Å². The molecule has 116 valence electrons. The lowest BCUT2D eigenvalue weighted by molar-refractivity contribution is 1.07. The number of H-pyrrole nitrogens is 1. The van der Waals surface area contributed by atoms with Gasteiger partial charge < -0.3 is 10.7 Å². The molecule has 3 nitrogen and oxygen atoms in total. The fourth-order valence-corrected chi connectivity index (χ4v) is 2.87. The number of nitrogens with zero attached hydrogens (tertiary/aromatic N) is 1. The van der Waals surface area contributed by atoms with Gasteiger partial charge in [0.15, 0.2) is 0 Å². The van der Waals surface area contributed by atoms with Crippen LogP contribution in [0.3, 0.4) is 0 Å². The summed E-state index contributed by atoms with van der Waals surface area (Å²) in [5.41, 5.74) is 11.3. The molecule has 2 aromatic heterocycles. The molecule has 4 aromatic rings. The first-order valence-corrected chi connectivity index (χ1v) is 8.01. The number of nitrogens with two attached hydrogens (primary N) is 1. The minimum atomic E-state index is 0.552. The molecule has 0 aliphatic carbocycles. The van der Waals surface area contributed by atoms with E-state index in [-0.39, 0.29) is 0 Å². The highest BCUT2D eigenvalue weighted by atomic mass is 14.8. The molecule has 0 radical (unpaired) electrons. The number of benzene rings is 2. The van der Waals surface area contributed by atoms with E-state index in [1.54, 1.807) is 0 Å². The monoisotopic (exact) mass is 303 g/mol. The van der Waals surface area contributed by atoms with Crippen LogP contribution in [0.5, 0.6) is 0 Å². The van der Waals surface area contributed by atoms with Gasteiger partial charge in [0.25, 0.3) is 0 Å². The van der Waals surface area contributed by atoms with Gasteiger partial charge in [-0.3, -0.25) is 0 Å². The van der Waals surface area contributed by atoms with Crippen molar-refractivity contribution < 1.29 is 0 Å². The molecule has 0 unspecified atom stereocenters. The van der Waals surface area contributed by atoms with Gasteiger partial charge in [-0.25, -0.2) is 4.98 Å². The highest BCUT2D eigenvalue weighted by molar-refractivity contribution is 6.12. The van der Waals surface area contributed by atoms with Crippen LogP contribution in [0.25, 0.3) is 33.1 Å². The average molecular weight is 303 g/mol. The van der Waals surface area contributed by atoms with Crippen LogP contribution in [0.2, 0.25) is 0 Å². The van der Waals surface area contributed by atoms with Crippen molar-refractivity contribution in [3.63, 3.8) is 0 Å². The molecule has 0 aliphatic rings. The van der Waals surface area contributed by atoms with E-state index in [0.717, 1.165) is 16.7 Å². The van der Waals surface area contributed by atoms with Crippen molar-refractivity contribution in [3.05, 3.63) is 66.4 Å². The van der Waals surface area contributed by atoms with Crippen molar-refractivity contribution in [2.75, 3.05) is 0 Å². The van der Waals surface area contributed by atoms with E-state index in [4.69, 9.17) is 5.73 Å². The van der Waals surface area contributed by atoms with E-state index in [1.165, 1.54) is 21.9 Å². The van der Waals surface area contributed by atoms with Crippen LogP contribution >= 0.6 is 0 Å². The zero-order chi connectivity index (χ0) is 16.2. The van der Waals surface area contributed by atoms with Crippen LogP contribution in [0.4, 0.5) is 0 Å². The molecule has 4 rings (SSSR count). The smallest absolute Gasteiger partial charge is 0.138 e. The summed E-state index contributed by atoms with van der Waals surface area (Å²) in [5, 5.41) is 2.37. The van der Waals surface area contributed by atoms with Gasteiger partial charge >= 0.3 is 0 Å². The van der Waals surface area contributed by atoms with Gasteiger partial charge in [-0.15, -0.1) is 0 Å². The van der Waals surface area contributed by atoms with Crippen molar-refractivity contribution in [3.8, 4) is 11.1 Å². The molecule has 2 aromatic carbocycles. The number of para-hydroxylation sites is 1. The number of aromatic amines is 1. The molecule has 23 heavy (non-hydrogen) atoms. The Morgan fingerprint density at radius 1 is 1.00 bits per heavy atom. The fourth-order valence-electron chi connectivity index (χ4n) is 2.87. The van der Waals surface area contributed by atoms with Crippen LogP contribution < -0.4 is 5.73 Å². The van der Waals surface area contributed by atoms with Gasteiger partial charge in [-0.1, -0.05) is 50.2 Å². The quantitative estimate of drug-likeness (QED) is 0.555. The second-order valence-corrected chi connectivity index (χ2v) is 5.16. The highest BCUT2D eigenvalue weighted by Gasteiger charge is 2.10. The summed E-state index contributed by atoms with van der Waals surface area (Å²) in [7, 11) is 0. The minimum Gasteiger partial charge on any atom is -0.339 e. The third-order valence-corrected chi connectivity index (χ3v) is 3.87. The second-order valence-electron chi connectivity index (χ2n) is 5.16. The van der Waals surface area contributed by atoms with Crippen molar-refractivity contribution in [1.29, 1.82) is 0 Å². The summed E-state index contributed by atoms with van der Waals surface area (Å²) in [4.78, 5) is 7.85. The van der Waals surface area contributed by atoms with E-state index >= 15 is 0 Å². The first-order valence-electron chi connectivity index (χ1n) is 8.01. The molecule has 2 heterocycles. The predicted octanol–water partition coefficient (Wildman–Crippen LogP) is 4.87. The summed E-state index contributed by atoms with van der Waals surface area (Å²) < 4.78 is 0. The van der Waals surface area contributed by atoms with Gasteiger partial charge in [-0.05, 0) is 34.9 Å². The van der Waals surface area contributed by atoms with Gasteiger partial charge in [0.1, 0.15) is 5.65 Å². The second kappa shape index (κ2) is 6.63. The van der Waals surface area contributed by atoms with E-state index in [0.29, 0.717) is 6.54 Å². The normalized spacial score (nSPS) is 10.6. The lowest BCUT2D eigenvalue weighted by atomic mass is 10.00. The first kappa shape index (κ1) is 15.3. The molecule has 0 saturated heterocycles. The summed E-state index contributed by atoms with van der Waals surface area (Å²) >= 11 is 0. The van der Waals surface area contributed by atoms with Crippen molar-refractivity contribution in [2.45, 2.75) is 20.4 Å². The zero-order valence-electron chi connectivity index (χ0n) is 13.5. The molecule has 0 fully saturated rings. The fraction of sp³-hybridized carbons (Fsp3) is 0.150. The van der Waals surface area contributed by atoms with E-state index < -0.39 is 0 Å². The third-order valence-electron chi connectivity index (χ3n) is 3.87. The molecule has 0 atom stereocenters. The molecule has 0 saturated carbocycles. The highest BCUT2D eigenvalue weighted by Crippen LogP contribution is 2.33. The van der Waals surface area contributed by atoms with Gasteiger partial charge in [-0.2, -0.15) is 0 Å². The molecule has 0 aliphatic heterocycles. The topological polar surface area (TPSA) is 54.7 Å². The maximum atomic E-state index is 5.76. The Morgan fingerprint density at radius 2 is 1.83 bits per heavy atom. The molecule has 3 heteroatoms. The van der Waals surface area contributed by atoms with E-state index in [2.05, 4.69) is 58.5 Å². The Hall–Kier alpha value is -2.65. The van der Waals surface area contributed by atoms with Crippen molar-refractivity contribution in [1.82, 2.24) is 9.97 Å². The number of aromatic nitrogens is 2. The number of fused-ring (bicyclic) bond motifs is 3. The minimum absolute atomic E-state index is 0.552. The number of rotatable bonds is 2. The molecular weight excluding hydrogens is 282 g/mol. The Labute approximate surface area is 136 Å². The Balaban J connectivity index is 0.000000753. The summed E-state index contributed by atoms with van der Waals surface area (Å²) in [5.74, 6) is 0. The van der Waals surface area contributed by atoms with Gasteiger partial charge in [0.05, 0.1) is 0 Å². The maximum Gasteiger partial charge on any atom is 0.138 e. The van der Waals surface area contributed by atoms with Crippen LogP contribution in [0.15, 0.2) is 60.8 Å². The van der Waals surface area contributed by atoms with Crippen LogP contribution in [-0.4, -0.2) is 9.97 Å². The molecule has 0 bridgehead atoms. The van der Waals surface area contributed by atoms with Gasteiger partial charge in [0, 0.05) is 29.0 Å². The standard InChI is InChI=1S/C18H15N3.C2H6/c19-11-12-4-3-5-13(10-12)14-8-9-20-18-17(14)15-6-1-2-7-16(15)21-18;1-2/h1-10H,11,19H2,(H,20,21);1-2H3. The van der Waals surface area contributed by atoms with E-state index in [1.807, 2.05) is 26.1 Å². The molecule has 0 spiro atoms. The molecule has 3 N–H and O–H groups in total. The van der Waals surface area contributed by atoms with Crippen molar-refractivity contribution >= 4 is 21.9 Å². The Bertz CT molecular complexity index is 938. The third kappa shape index (κ3) is 2.71. The lowest BCUT2D eigenvalue weighted by Crippen LogP contribution is -1.95. The predicted molar refractivity (Wildman–Crippen MR) is 98.3 cm³/mol. The van der Waals surface area contributed by atoms with E-state index in [9.17, 15) is 0 Å². The summed E-state index contributed by atoms with van der Waals surface area (Å²) in [6.07, 6.45) is 1.85. The first-order chi connectivity index (χ1) is 11.4. The Kier molecular flexibility index (Phi) is 4.40. The van der Waals surface area contributed by atoms with Crippen LogP contribution in [-0.2, 0) is 6.54 Å². The number of nitrogens with one attached hydrogen (secondary N) is 1. The summed E-state index contributed by atoms with van der Waals surface area (Å²) in [6.45, 7) is 4.55. The Morgan fingerprint density at radius 3 is 2.65 bits per heavy atom. The average Bonchev–Trinajstić information content (AvgIpc) is 3.02. The lowest BCUT2D eigenvalue weighted by Gasteiger charge is -2.06. The zero-order valence-corrected chi connectivity index (χ0v) is 13.5. The van der Waals surface area contributed by atoms with Crippen molar-refractivity contribution in [2.24, 2.45) is 5.73 Å². The molecule has 0 amide bonds. The molecular formula is C20H21N3. The number of pyridine rings is 1. The SMILES string of the molecule is CC.NCc1cccc(-c2ccnc3[nH]c4ccccc4c23)c1. The number of hydrogen-bond acceptors (Lipinski definition) is 2. The largest absolute Gasteiger partial charge is 0.339 e. The van der Waals surface area contributed by atoms with Crippen LogP contribution in [0.1, 0.15) is 19.4 Å². The van der Waals surface area contributed by atoms with Crippen LogP contribution in [0, 0.1) is 0 Å². The number of hydrogen-bond donors (Lipinski definition) is 2.